The van der Waals surface area contributed by atoms with Gasteiger partial charge in [0.15, 0.2) is 0 Å². The molecule has 3 aromatic carbocycles. The third-order valence-electron chi connectivity index (χ3n) is 7.29. The Kier molecular flexibility index (Phi) is 9.13. The van der Waals surface area contributed by atoms with Crippen LogP contribution in [0.4, 0.5) is 4.39 Å². The van der Waals surface area contributed by atoms with Gasteiger partial charge < -0.3 is 19.9 Å². The van der Waals surface area contributed by atoms with Gasteiger partial charge in [0, 0.05) is 18.7 Å². The number of carbonyl (C=O) groups excluding carboxylic acids is 2. The molecule has 0 aliphatic carbocycles. The highest BCUT2D eigenvalue weighted by atomic mass is 19.1. The Balaban J connectivity index is 1.71. The molecule has 0 saturated heterocycles. The fraction of sp³-hybridized carbons (Fsp3) is 0.355. The van der Waals surface area contributed by atoms with Crippen molar-refractivity contribution in [3.63, 3.8) is 0 Å². The molecule has 6 nitrogen and oxygen atoms in total. The monoisotopic (exact) mass is 517 g/mol. The molecule has 0 aromatic heterocycles. The Morgan fingerprint density at radius 2 is 1.68 bits per heavy atom. The summed E-state index contributed by atoms with van der Waals surface area (Å²) in [5, 5.41) is 3.15. The lowest BCUT2D eigenvalue weighted by Gasteiger charge is -2.42. The summed E-state index contributed by atoms with van der Waals surface area (Å²) in [4.78, 5) is 31.8. The molecule has 1 N–H and O–H groups in total. The molecule has 1 aliphatic rings. The average molecular weight is 518 g/mol. The number of amides is 2. The number of nitrogens with one attached hydrogen (secondary N) is 1. The largest absolute Gasteiger partial charge is 0.497 e. The van der Waals surface area contributed by atoms with Crippen molar-refractivity contribution in [2.45, 2.75) is 38.8 Å². The number of methoxy groups -OCH3 is 1. The first kappa shape index (κ1) is 27.3. The van der Waals surface area contributed by atoms with E-state index < -0.39 is 12.0 Å². The van der Waals surface area contributed by atoms with Crippen molar-refractivity contribution in [3.8, 4) is 5.75 Å². The predicted octanol–water partition coefficient (Wildman–Crippen LogP) is 5.16. The Bertz CT molecular complexity index is 1230. The number of benzene rings is 3. The normalized spacial score (nSPS) is 16.9. The number of hydrogen-bond donors (Lipinski definition) is 1. The van der Waals surface area contributed by atoms with Gasteiger partial charge in [-0.2, -0.15) is 0 Å². The molecule has 0 saturated carbocycles. The smallest absolute Gasteiger partial charge is 0.255 e. The molecule has 1 aliphatic heterocycles. The van der Waals surface area contributed by atoms with Crippen molar-refractivity contribution in [2.75, 3.05) is 33.3 Å². The van der Waals surface area contributed by atoms with Crippen molar-refractivity contribution >= 4 is 11.8 Å². The molecule has 0 spiro atoms. The van der Waals surface area contributed by atoms with E-state index in [1.807, 2.05) is 42.5 Å². The molecule has 0 unspecified atom stereocenters. The fourth-order valence-electron chi connectivity index (χ4n) is 5.17. The van der Waals surface area contributed by atoms with Gasteiger partial charge in [0.2, 0.25) is 5.91 Å². The van der Waals surface area contributed by atoms with Gasteiger partial charge in [-0.05, 0) is 73.1 Å². The van der Waals surface area contributed by atoms with Crippen LogP contribution in [0.1, 0.15) is 59.3 Å². The number of nitrogens with zero attached hydrogens (tertiary/aromatic N) is 2. The Morgan fingerprint density at radius 1 is 1.00 bits per heavy atom. The highest BCUT2D eigenvalue weighted by molar-refractivity contribution is 6.01. The molecule has 38 heavy (non-hydrogen) atoms. The molecule has 2 amide bonds. The SMILES string of the molecule is CCN(CC)CCCNC(=O)[C@@H]1c2ccccc2C(=O)N(Cc2ccc(F)cc2)[C@@H]1c1ccc(OC)cc1. The molecule has 2 atom stereocenters. The van der Waals surface area contributed by atoms with Gasteiger partial charge in [0.1, 0.15) is 11.6 Å². The lowest BCUT2D eigenvalue weighted by molar-refractivity contribution is -0.124. The predicted molar refractivity (Wildman–Crippen MR) is 147 cm³/mol. The van der Waals surface area contributed by atoms with Crippen LogP contribution in [0.2, 0.25) is 0 Å². The van der Waals surface area contributed by atoms with Crippen LogP contribution < -0.4 is 10.1 Å². The van der Waals surface area contributed by atoms with Crippen LogP contribution >= 0.6 is 0 Å². The first-order valence-electron chi connectivity index (χ1n) is 13.2. The lowest BCUT2D eigenvalue weighted by Crippen LogP contribution is -2.47. The molecular weight excluding hydrogens is 481 g/mol. The standard InChI is InChI=1S/C31H36FN3O3/c1-4-34(5-2)20-8-19-33-30(36)28-26-9-6-7-10-27(26)31(37)35(21-22-11-15-24(32)16-12-22)29(28)23-13-17-25(38-3)18-14-23/h6-7,9-18,28-29H,4-5,8,19-21H2,1-3H3,(H,33,36)/t28-,29-/m1/s1. The van der Waals surface area contributed by atoms with Gasteiger partial charge >= 0.3 is 0 Å². The molecular formula is C31H36FN3O3. The van der Waals surface area contributed by atoms with Gasteiger partial charge in [0.05, 0.1) is 19.1 Å². The highest BCUT2D eigenvalue weighted by Crippen LogP contribution is 2.44. The van der Waals surface area contributed by atoms with Crippen LogP contribution in [0, 0.1) is 5.82 Å². The van der Waals surface area contributed by atoms with Gasteiger partial charge in [0.25, 0.3) is 5.91 Å². The number of hydrogen-bond acceptors (Lipinski definition) is 4. The van der Waals surface area contributed by atoms with E-state index in [0.29, 0.717) is 17.9 Å². The van der Waals surface area contributed by atoms with E-state index in [4.69, 9.17) is 4.74 Å². The van der Waals surface area contributed by atoms with Crippen LogP contribution in [0.5, 0.6) is 5.75 Å². The van der Waals surface area contributed by atoms with E-state index >= 15 is 0 Å². The van der Waals surface area contributed by atoms with Crippen molar-refractivity contribution in [1.29, 1.82) is 0 Å². The summed E-state index contributed by atoms with van der Waals surface area (Å²) in [5.74, 6) is -0.520. The van der Waals surface area contributed by atoms with E-state index in [1.54, 1.807) is 30.2 Å². The summed E-state index contributed by atoms with van der Waals surface area (Å²) in [6.07, 6.45) is 0.840. The number of carbonyl (C=O) groups is 2. The van der Waals surface area contributed by atoms with E-state index in [9.17, 15) is 14.0 Å². The van der Waals surface area contributed by atoms with Crippen molar-refractivity contribution in [1.82, 2.24) is 15.1 Å². The van der Waals surface area contributed by atoms with E-state index in [0.717, 1.165) is 42.7 Å². The maximum absolute atomic E-state index is 13.9. The van der Waals surface area contributed by atoms with Crippen LogP contribution in [-0.2, 0) is 11.3 Å². The minimum Gasteiger partial charge on any atom is -0.497 e. The molecule has 1 heterocycles. The quantitative estimate of drug-likeness (QED) is 0.357. The van der Waals surface area contributed by atoms with Gasteiger partial charge in [-0.3, -0.25) is 9.59 Å². The second kappa shape index (κ2) is 12.7. The second-order valence-electron chi connectivity index (χ2n) is 9.51. The van der Waals surface area contributed by atoms with E-state index in [-0.39, 0.29) is 24.2 Å². The van der Waals surface area contributed by atoms with Crippen molar-refractivity contribution in [2.24, 2.45) is 0 Å². The Morgan fingerprint density at radius 3 is 2.34 bits per heavy atom. The average Bonchev–Trinajstić information content (AvgIpc) is 2.95. The third kappa shape index (κ3) is 6.05. The van der Waals surface area contributed by atoms with Crippen LogP contribution in [0.25, 0.3) is 0 Å². The second-order valence-corrected chi connectivity index (χ2v) is 9.51. The van der Waals surface area contributed by atoms with Crippen LogP contribution in [0.15, 0.2) is 72.8 Å². The summed E-state index contributed by atoms with van der Waals surface area (Å²) in [5.41, 5.74) is 2.85. The number of halogens is 1. The zero-order valence-corrected chi connectivity index (χ0v) is 22.3. The van der Waals surface area contributed by atoms with Crippen molar-refractivity contribution < 1.29 is 18.7 Å². The molecule has 0 bridgehead atoms. The molecule has 200 valence electrons. The van der Waals surface area contributed by atoms with Crippen LogP contribution in [0.3, 0.4) is 0 Å². The zero-order valence-electron chi connectivity index (χ0n) is 22.3. The summed E-state index contributed by atoms with van der Waals surface area (Å²) in [7, 11) is 1.60. The number of ether oxygens (including phenoxy) is 1. The summed E-state index contributed by atoms with van der Waals surface area (Å²) in [6.45, 7) is 7.91. The molecule has 4 rings (SSSR count). The van der Waals surface area contributed by atoms with Gasteiger partial charge in [-0.15, -0.1) is 0 Å². The topological polar surface area (TPSA) is 61.9 Å². The maximum atomic E-state index is 13.9. The highest BCUT2D eigenvalue weighted by Gasteiger charge is 2.44. The third-order valence-corrected chi connectivity index (χ3v) is 7.29. The Labute approximate surface area is 224 Å². The molecule has 0 radical (unpaired) electrons. The summed E-state index contributed by atoms with van der Waals surface area (Å²) >= 11 is 0. The van der Waals surface area contributed by atoms with Crippen LogP contribution in [-0.4, -0.2) is 54.9 Å². The first-order valence-corrected chi connectivity index (χ1v) is 13.2. The first-order chi connectivity index (χ1) is 18.5. The number of rotatable bonds is 11. The number of fused-ring (bicyclic) bond motifs is 1. The fourth-order valence-corrected chi connectivity index (χ4v) is 5.17. The van der Waals surface area contributed by atoms with Gasteiger partial charge in [-0.25, -0.2) is 4.39 Å². The molecule has 7 heteroatoms. The minimum absolute atomic E-state index is 0.116. The summed E-state index contributed by atoms with van der Waals surface area (Å²) in [6, 6.07) is 20.4. The van der Waals surface area contributed by atoms with E-state index in [1.165, 1.54) is 12.1 Å². The molecule has 3 aromatic rings. The Hall–Kier alpha value is -3.71. The van der Waals surface area contributed by atoms with Crippen molar-refractivity contribution in [3.05, 3.63) is 101 Å². The van der Waals surface area contributed by atoms with E-state index in [2.05, 4.69) is 24.1 Å². The molecule has 0 fully saturated rings. The minimum atomic E-state index is -0.605. The van der Waals surface area contributed by atoms with Gasteiger partial charge in [-0.1, -0.05) is 56.3 Å². The zero-order chi connectivity index (χ0) is 27.1. The lowest BCUT2D eigenvalue weighted by atomic mass is 9.79. The summed E-state index contributed by atoms with van der Waals surface area (Å²) < 4.78 is 19.0. The maximum Gasteiger partial charge on any atom is 0.255 e.